The first-order valence-electron chi connectivity index (χ1n) is 5.93. The van der Waals surface area contributed by atoms with E-state index in [1.807, 2.05) is 43.3 Å². The number of amides is 1. The second-order valence-corrected chi connectivity index (χ2v) is 4.22. The van der Waals surface area contributed by atoms with Crippen LogP contribution in [0.4, 0.5) is 0 Å². The standard InChI is InChI=1S/C15H16N2O/c1-12(13-8-4-3-5-9-13)17(2)15(18)14-10-6-7-11-16-14/h3-12H,1-2H3. The molecule has 1 atom stereocenters. The molecule has 0 bridgehead atoms. The fraction of sp³-hybridized carbons (Fsp3) is 0.200. The highest BCUT2D eigenvalue weighted by Gasteiger charge is 2.19. The van der Waals surface area contributed by atoms with Crippen molar-refractivity contribution in [3.63, 3.8) is 0 Å². The average molecular weight is 240 g/mol. The van der Waals surface area contributed by atoms with E-state index in [-0.39, 0.29) is 11.9 Å². The molecule has 0 fully saturated rings. The Hall–Kier alpha value is -2.16. The van der Waals surface area contributed by atoms with Crippen molar-refractivity contribution in [3.8, 4) is 0 Å². The van der Waals surface area contributed by atoms with Gasteiger partial charge in [-0.3, -0.25) is 9.78 Å². The fourth-order valence-corrected chi connectivity index (χ4v) is 1.80. The van der Waals surface area contributed by atoms with Crippen LogP contribution in [-0.4, -0.2) is 22.8 Å². The summed E-state index contributed by atoms with van der Waals surface area (Å²) in [6, 6.07) is 15.3. The van der Waals surface area contributed by atoms with Crippen LogP contribution in [0.25, 0.3) is 0 Å². The van der Waals surface area contributed by atoms with Gasteiger partial charge in [0.05, 0.1) is 6.04 Å². The van der Waals surface area contributed by atoms with E-state index in [1.54, 1.807) is 30.3 Å². The molecule has 0 saturated carbocycles. The molecule has 0 N–H and O–H groups in total. The van der Waals surface area contributed by atoms with E-state index in [9.17, 15) is 4.79 Å². The Bertz CT molecular complexity index is 511. The van der Waals surface area contributed by atoms with E-state index in [2.05, 4.69) is 4.98 Å². The zero-order chi connectivity index (χ0) is 13.0. The number of nitrogens with zero attached hydrogens (tertiary/aromatic N) is 2. The Morgan fingerprint density at radius 3 is 2.39 bits per heavy atom. The fourth-order valence-electron chi connectivity index (χ4n) is 1.80. The van der Waals surface area contributed by atoms with Crippen molar-refractivity contribution in [3.05, 3.63) is 66.0 Å². The van der Waals surface area contributed by atoms with Gasteiger partial charge < -0.3 is 4.90 Å². The molecule has 3 heteroatoms. The van der Waals surface area contributed by atoms with Crippen molar-refractivity contribution in [1.82, 2.24) is 9.88 Å². The van der Waals surface area contributed by atoms with Crippen molar-refractivity contribution >= 4 is 5.91 Å². The Morgan fingerprint density at radius 1 is 1.11 bits per heavy atom. The number of rotatable bonds is 3. The molecule has 1 aromatic carbocycles. The third-order valence-electron chi connectivity index (χ3n) is 3.07. The second-order valence-electron chi connectivity index (χ2n) is 4.22. The predicted octanol–water partition coefficient (Wildman–Crippen LogP) is 2.91. The largest absolute Gasteiger partial charge is 0.334 e. The van der Waals surface area contributed by atoms with Crippen LogP contribution < -0.4 is 0 Å². The lowest BCUT2D eigenvalue weighted by Gasteiger charge is -2.25. The smallest absolute Gasteiger partial charge is 0.272 e. The maximum absolute atomic E-state index is 12.2. The van der Waals surface area contributed by atoms with Crippen LogP contribution in [0.1, 0.15) is 29.0 Å². The van der Waals surface area contributed by atoms with Gasteiger partial charge in [0.1, 0.15) is 5.69 Å². The van der Waals surface area contributed by atoms with E-state index in [0.29, 0.717) is 5.69 Å². The highest BCUT2D eigenvalue weighted by atomic mass is 16.2. The molecule has 92 valence electrons. The van der Waals surface area contributed by atoms with E-state index < -0.39 is 0 Å². The van der Waals surface area contributed by atoms with Crippen LogP contribution in [0.3, 0.4) is 0 Å². The lowest BCUT2D eigenvalue weighted by molar-refractivity contribution is 0.0736. The Kier molecular flexibility index (Phi) is 3.72. The molecule has 0 aliphatic carbocycles. The molecule has 2 aromatic rings. The number of benzene rings is 1. The number of hydrogen-bond acceptors (Lipinski definition) is 2. The lowest BCUT2D eigenvalue weighted by Crippen LogP contribution is -2.30. The molecule has 1 unspecified atom stereocenters. The van der Waals surface area contributed by atoms with Gasteiger partial charge in [-0.1, -0.05) is 36.4 Å². The molecule has 0 aliphatic heterocycles. The minimum atomic E-state index is -0.0630. The van der Waals surface area contributed by atoms with Crippen LogP contribution in [0.5, 0.6) is 0 Å². The number of carbonyl (C=O) groups excluding carboxylic acids is 1. The summed E-state index contributed by atoms with van der Waals surface area (Å²) in [5, 5.41) is 0. The molecular formula is C15H16N2O. The van der Waals surface area contributed by atoms with Gasteiger partial charge in [-0.05, 0) is 24.6 Å². The van der Waals surface area contributed by atoms with Gasteiger partial charge in [-0.15, -0.1) is 0 Å². The number of carbonyl (C=O) groups is 1. The highest BCUT2D eigenvalue weighted by molar-refractivity contribution is 5.92. The first-order valence-corrected chi connectivity index (χ1v) is 5.93. The van der Waals surface area contributed by atoms with Gasteiger partial charge in [-0.25, -0.2) is 0 Å². The highest BCUT2D eigenvalue weighted by Crippen LogP contribution is 2.19. The number of aromatic nitrogens is 1. The monoisotopic (exact) mass is 240 g/mol. The zero-order valence-corrected chi connectivity index (χ0v) is 10.6. The first kappa shape index (κ1) is 12.3. The van der Waals surface area contributed by atoms with Crippen molar-refractivity contribution in [2.45, 2.75) is 13.0 Å². The molecule has 1 aromatic heterocycles. The third kappa shape index (κ3) is 2.56. The van der Waals surface area contributed by atoms with E-state index >= 15 is 0 Å². The van der Waals surface area contributed by atoms with Crippen LogP contribution in [0.15, 0.2) is 54.7 Å². The third-order valence-corrected chi connectivity index (χ3v) is 3.07. The lowest BCUT2D eigenvalue weighted by atomic mass is 10.1. The second kappa shape index (κ2) is 5.45. The van der Waals surface area contributed by atoms with Gasteiger partial charge in [-0.2, -0.15) is 0 Å². The van der Waals surface area contributed by atoms with Gasteiger partial charge >= 0.3 is 0 Å². The quantitative estimate of drug-likeness (QED) is 0.826. The minimum absolute atomic E-state index is 0.0284. The average Bonchev–Trinajstić information content (AvgIpc) is 2.47. The van der Waals surface area contributed by atoms with Crippen LogP contribution in [-0.2, 0) is 0 Å². The van der Waals surface area contributed by atoms with Crippen LogP contribution >= 0.6 is 0 Å². The van der Waals surface area contributed by atoms with Gasteiger partial charge in [0.15, 0.2) is 0 Å². The van der Waals surface area contributed by atoms with Gasteiger partial charge in [0.25, 0.3) is 5.91 Å². The Labute approximate surface area is 107 Å². The number of hydrogen-bond donors (Lipinski definition) is 0. The molecule has 1 heterocycles. The predicted molar refractivity (Wildman–Crippen MR) is 71.2 cm³/mol. The summed E-state index contributed by atoms with van der Waals surface area (Å²) in [5.74, 6) is -0.0630. The minimum Gasteiger partial charge on any atom is -0.334 e. The molecule has 0 radical (unpaired) electrons. The topological polar surface area (TPSA) is 33.2 Å². The van der Waals surface area contributed by atoms with Gasteiger partial charge in [0.2, 0.25) is 0 Å². The molecule has 3 nitrogen and oxygen atoms in total. The maximum Gasteiger partial charge on any atom is 0.272 e. The van der Waals surface area contributed by atoms with Crippen molar-refractivity contribution in [2.75, 3.05) is 7.05 Å². The van der Waals surface area contributed by atoms with E-state index in [4.69, 9.17) is 0 Å². The number of pyridine rings is 1. The van der Waals surface area contributed by atoms with Crippen LogP contribution in [0.2, 0.25) is 0 Å². The maximum atomic E-state index is 12.2. The van der Waals surface area contributed by atoms with Crippen LogP contribution in [0, 0.1) is 0 Å². The van der Waals surface area contributed by atoms with Crippen molar-refractivity contribution in [1.29, 1.82) is 0 Å². The summed E-state index contributed by atoms with van der Waals surface area (Å²) < 4.78 is 0. The first-order chi connectivity index (χ1) is 8.70. The van der Waals surface area contributed by atoms with E-state index in [0.717, 1.165) is 5.56 Å². The molecule has 1 amide bonds. The van der Waals surface area contributed by atoms with Gasteiger partial charge in [0, 0.05) is 13.2 Å². The summed E-state index contributed by atoms with van der Waals surface area (Å²) >= 11 is 0. The SMILES string of the molecule is CC(c1ccccc1)N(C)C(=O)c1ccccn1. The summed E-state index contributed by atoms with van der Waals surface area (Å²) in [4.78, 5) is 18.0. The molecule has 0 saturated heterocycles. The summed E-state index contributed by atoms with van der Waals surface area (Å²) in [7, 11) is 1.80. The molecule has 18 heavy (non-hydrogen) atoms. The van der Waals surface area contributed by atoms with Crippen molar-refractivity contribution in [2.24, 2.45) is 0 Å². The summed E-state index contributed by atoms with van der Waals surface area (Å²) in [5.41, 5.74) is 1.59. The zero-order valence-electron chi connectivity index (χ0n) is 10.6. The molecule has 0 aliphatic rings. The molecular weight excluding hydrogens is 224 g/mol. The normalized spacial score (nSPS) is 11.9. The van der Waals surface area contributed by atoms with Crippen molar-refractivity contribution < 1.29 is 4.79 Å². The molecule has 2 rings (SSSR count). The molecule has 0 spiro atoms. The summed E-state index contributed by atoms with van der Waals surface area (Å²) in [6.07, 6.45) is 1.63. The Morgan fingerprint density at radius 2 is 1.78 bits per heavy atom. The van der Waals surface area contributed by atoms with E-state index in [1.165, 1.54) is 0 Å². The Balaban J connectivity index is 2.17. The summed E-state index contributed by atoms with van der Waals surface area (Å²) in [6.45, 7) is 2.01.